The zero-order valence-electron chi connectivity index (χ0n) is 12.1. The van der Waals surface area contributed by atoms with Crippen LogP contribution in [0.3, 0.4) is 0 Å². The van der Waals surface area contributed by atoms with E-state index in [4.69, 9.17) is 0 Å². The van der Waals surface area contributed by atoms with Crippen LogP contribution in [0.1, 0.15) is 33.2 Å². The van der Waals surface area contributed by atoms with Crippen molar-refractivity contribution in [1.82, 2.24) is 5.32 Å². The Morgan fingerprint density at radius 1 is 0.864 bits per heavy atom. The van der Waals surface area contributed by atoms with Crippen molar-refractivity contribution < 1.29 is 14.4 Å². The first-order valence-corrected chi connectivity index (χ1v) is 6.76. The summed E-state index contributed by atoms with van der Waals surface area (Å²) in [4.78, 5) is 34.6. The molecule has 0 unspecified atom stereocenters. The van der Waals surface area contributed by atoms with Crippen LogP contribution in [0.2, 0.25) is 0 Å². The van der Waals surface area contributed by atoms with Gasteiger partial charge >= 0.3 is 0 Å². The van der Waals surface area contributed by atoms with E-state index in [1.165, 1.54) is 13.0 Å². The Balaban J connectivity index is 1.96. The summed E-state index contributed by atoms with van der Waals surface area (Å²) in [6.07, 6.45) is 2.86. The molecule has 0 heterocycles. The highest BCUT2D eigenvalue weighted by Crippen LogP contribution is 2.07. The predicted molar refractivity (Wildman–Crippen MR) is 84.4 cm³/mol. The fraction of sp³-hybridized carbons (Fsp3) is 0.0556. The summed E-state index contributed by atoms with van der Waals surface area (Å²) < 4.78 is 0. The molecular weight excluding hydrogens is 278 g/mol. The molecule has 2 aromatic carbocycles. The molecule has 0 atom stereocenters. The van der Waals surface area contributed by atoms with Gasteiger partial charge in [-0.25, -0.2) is 0 Å². The highest BCUT2D eigenvalue weighted by molar-refractivity contribution is 6.09. The smallest absolute Gasteiger partial charge is 0.258 e. The third-order valence-electron chi connectivity index (χ3n) is 3.02. The second-order valence-corrected chi connectivity index (χ2v) is 4.70. The first-order chi connectivity index (χ1) is 10.6. The van der Waals surface area contributed by atoms with Crippen molar-refractivity contribution in [1.29, 1.82) is 0 Å². The lowest BCUT2D eigenvalue weighted by atomic mass is 10.1. The minimum atomic E-state index is -0.496. The molecule has 4 heteroatoms. The fourth-order valence-electron chi connectivity index (χ4n) is 1.82. The summed E-state index contributed by atoms with van der Waals surface area (Å²) in [5.74, 6) is -0.951. The molecule has 1 N–H and O–H groups in total. The van der Waals surface area contributed by atoms with Gasteiger partial charge in [0.15, 0.2) is 5.78 Å². The molecule has 0 bridgehead atoms. The average molecular weight is 293 g/mol. The van der Waals surface area contributed by atoms with Gasteiger partial charge in [-0.15, -0.1) is 0 Å². The van der Waals surface area contributed by atoms with Crippen LogP contribution in [0, 0.1) is 0 Å². The molecule has 0 aliphatic carbocycles. The Morgan fingerprint density at radius 3 is 2.09 bits per heavy atom. The van der Waals surface area contributed by atoms with Crippen molar-refractivity contribution in [3.05, 3.63) is 77.4 Å². The Kier molecular flexibility index (Phi) is 4.98. The summed E-state index contributed by atoms with van der Waals surface area (Å²) in [6, 6.07) is 15.4. The van der Waals surface area contributed by atoms with Gasteiger partial charge in [0, 0.05) is 17.2 Å². The standard InChI is InChI=1S/C18H15NO3/c1-13(20)15-10-7-14(8-11-15)9-12-17(21)19-18(22)16-5-3-2-4-6-16/h2-12H,1H3,(H,19,21,22)/b12-9+. The molecular formula is C18H15NO3. The fourth-order valence-corrected chi connectivity index (χ4v) is 1.82. The van der Waals surface area contributed by atoms with Crippen LogP contribution in [-0.2, 0) is 4.79 Å². The summed E-state index contributed by atoms with van der Waals surface area (Å²) in [5.41, 5.74) is 1.81. The molecule has 110 valence electrons. The number of carbonyl (C=O) groups is 3. The number of imide groups is 1. The number of carbonyl (C=O) groups excluding carboxylic acids is 3. The molecule has 0 aromatic heterocycles. The second kappa shape index (κ2) is 7.13. The lowest BCUT2D eigenvalue weighted by Crippen LogP contribution is -2.28. The molecule has 2 aromatic rings. The van der Waals surface area contributed by atoms with Gasteiger partial charge in [0.05, 0.1) is 0 Å². The highest BCUT2D eigenvalue weighted by Gasteiger charge is 2.07. The first-order valence-electron chi connectivity index (χ1n) is 6.76. The third-order valence-corrected chi connectivity index (χ3v) is 3.02. The van der Waals surface area contributed by atoms with E-state index < -0.39 is 11.8 Å². The van der Waals surface area contributed by atoms with Crippen LogP contribution in [0.4, 0.5) is 0 Å². The van der Waals surface area contributed by atoms with Crippen molar-refractivity contribution in [3.63, 3.8) is 0 Å². The molecule has 0 spiro atoms. The molecule has 2 amide bonds. The summed E-state index contributed by atoms with van der Waals surface area (Å²) >= 11 is 0. The van der Waals surface area contributed by atoms with Crippen molar-refractivity contribution >= 4 is 23.7 Å². The van der Waals surface area contributed by atoms with E-state index in [1.807, 2.05) is 0 Å². The largest absolute Gasteiger partial charge is 0.295 e. The van der Waals surface area contributed by atoms with Crippen molar-refractivity contribution in [2.45, 2.75) is 6.92 Å². The van der Waals surface area contributed by atoms with E-state index in [9.17, 15) is 14.4 Å². The second-order valence-electron chi connectivity index (χ2n) is 4.70. The van der Waals surface area contributed by atoms with Gasteiger partial charge in [0.2, 0.25) is 0 Å². The van der Waals surface area contributed by atoms with Gasteiger partial charge in [-0.1, -0.05) is 42.5 Å². The van der Waals surface area contributed by atoms with Crippen LogP contribution < -0.4 is 5.32 Å². The Labute approximate surface area is 128 Å². The molecule has 0 aliphatic heterocycles. The number of Topliss-reactive ketones (excluding diaryl/α,β-unsaturated/α-hetero) is 1. The van der Waals surface area contributed by atoms with Gasteiger partial charge in [-0.3, -0.25) is 19.7 Å². The quantitative estimate of drug-likeness (QED) is 0.696. The zero-order chi connectivity index (χ0) is 15.9. The van der Waals surface area contributed by atoms with E-state index in [0.29, 0.717) is 11.1 Å². The number of rotatable bonds is 4. The van der Waals surface area contributed by atoms with Gasteiger partial charge < -0.3 is 0 Å². The number of ketones is 1. The lowest BCUT2D eigenvalue weighted by Gasteiger charge is -2.01. The topological polar surface area (TPSA) is 63.2 Å². The van der Waals surface area contributed by atoms with E-state index >= 15 is 0 Å². The minimum absolute atomic E-state index is 0.0123. The van der Waals surface area contributed by atoms with Gasteiger partial charge in [0.1, 0.15) is 0 Å². The van der Waals surface area contributed by atoms with Crippen molar-refractivity contribution in [3.8, 4) is 0 Å². The van der Waals surface area contributed by atoms with E-state index in [1.54, 1.807) is 60.7 Å². The third kappa shape index (κ3) is 4.24. The minimum Gasteiger partial charge on any atom is -0.295 e. The summed E-state index contributed by atoms with van der Waals surface area (Å²) in [6.45, 7) is 1.49. The van der Waals surface area contributed by atoms with E-state index in [2.05, 4.69) is 5.32 Å². The summed E-state index contributed by atoms with van der Waals surface area (Å²) in [5, 5.41) is 2.28. The highest BCUT2D eigenvalue weighted by atomic mass is 16.2. The number of amides is 2. The van der Waals surface area contributed by atoms with Crippen LogP contribution in [-0.4, -0.2) is 17.6 Å². The number of nitrogens with one attached hydrogen (secondary N) is 1. The Bertz CT molecular complexity index is 716. The zero-order valence-corrected chi connectivity index (χ0v) is 12.1. The predicted octanol–water partition coefficient (Wildman–Crippen LogP) is 2.86. The molecule has 22 heavy (non-hydrogen) atoms. The molecule has 0 fully saturated rings. The van der Waals surface area contributed by atoms with Gasteiger partial charge in [-0.2, -0.15) is 0 Å². The van der Waals surface area contributed by atoms with E-state index in [0.717, 1.165) is 5.56 Å². The average Bonchev–Trinajstić information content (AvgIpc) is 2.54. The van der Waals surface area contributed by atoms with Gasteiger partial charge in [-0.05, 0) is 30.7 Å². The molecule has 0 aliphatic rings. The molecule has 0 saturated heterocycles. The van der Waals surface area contributed by atoms with Crippen molar-refractivity contribution in [2.24, 2.45) is 0 Å². The van der Waals surface area contributed by atoms with Crippen molar-refractivity contribution in [2.75, 3.05) is 0 Å². The monoisotopic (exact) mass is 293 g/mol. The summed E-state index contributed by atoms with van der Waals surface area (Å²) in [7, 11) is 0. The Morgan fingerprint density at radius 2 is 1.50 bits per heavy atom. The SMILES string of the molecule is CC(=O)c1ccc(/C=C/C(=O)NC(=O)c2ccccc2)cc1. The van der Waals surface area contributed by atoms with Crippen LogP contribution in [0.5, 0.6) is 0 Å². The molecule has 2 rings (SSSR count). The maximum atomic E-state index is 11.8. The number of hydrogen-bond donors (Lipinski definition) is 1. The lowest BCUT2D eigenvalue weighted by molar-refractivity contribution is -0.115. The van der Waals surface area contributed by atoms with Crippen LogP contribution >= 0.6 is 0 Å². The van der Waals surface area contributed by atoms with Crippen LogP contribution in [0.15, 0.2) is 60.7 Å². The normalized spacial score (nSPS) is 10.4. The Hall–Kier alpha value is -3.01. The maximum Gasteiger partial charge on any atom is 0.258 e. The number of benzene rings is 2. The van der Waals surface area contributed by atoms with Gasteiger partial charge in [0.25, 0.3) is 11.8 Å². The molecule has 4 nitrogen and oxygen atoms in total. The van der Waals surface area contributed by atoms with E-state index in [-0.39, 0.29) is 5.78 Å². The first kappa shape index (κ1) is 15.4. The molecule has 0 radical (unpaired) electrons. The van der Waals surface area contributed by atoms with Crippen LogP contribution in [0.25, 0.3) is 6.08 Å². The number of hydrogen-bond acceptors (Lipinski definition) is 3. The molecule has 0 saturated carbocycles. The maximum absolute atomic E-state index is 11.8.